The zero-order valence-corrected chi connectivity index (χ0v) is 13.5. The van der Waals surface area contributed by atoms with Crippen LogP contribution in [0.2, 0.25) is 0 Å². The fourth-order valence-electron chi connectivity index (χ4n) is 2.93. The molecule has 0 aliphatic carbocycles. The summed E-state index contributed by atoms with van der Waals surface area (Å²) in [4.78, 5) is 42.5. The molecule has 1 N–H and O–H groups in total. The molecule has 1 aliphatic rings. The van der Waals surface area contributed by atoms with Crippen molar-refractivity contribution in [3.63, 3.8) is 0 Å². The Balaban J connectivity index is 1.69. The number of halogens is 1. The monoisotopic (exact) mass is 352 g/mol. The molecule has 0 bridgehead atoms. The summed E-state index contributed by atoms with van der Waals surface area (Å²) in [7, 11) is 0. The molecule has 0 saturated heterocycles. The summed E-state index contributed by atoms with van der Waals surface area (Å²) in [6.45, 7) is -0.444. The van der Waals surface area contributed by atoms with E-state index >= 15 is 0 Å². The maximum absolute atomic E-state index is 13.4. The smallest absolute Gasteiger partial charge is 0.261 e. The molecule has 2 amide bonds. The van der Waals surface area contributed by atoms with E-state index in [0.717, 1.165) is 10.6 Å². The average Bonchev–Trinajstić information content (AvgIpc) is 2.63. The van der Waals surface area contributed by atoms with Crippen LogP contribution in [-0.2, 0) is 16.1 Å². The minimum absolute atomic E-state index is 0.0945. The standard InChI is InChI=1S/C18H13FN4O3/c19-11-5-6-13-12(7-11)18(26)22(10-20-13)9-17(25)23-8-16(24)21-14-3-1-2-4-15(14)23/h1-7,10H,8-9H2,(H,21,24). The Morgan fingerprint density at radius 2 is 2.00 bits per heavy atom. The number of para-hydroxylation sites is 2. The van der Waals surface area contributed by atoms with Crippen LogP contribution >= 0.6 is 0 Å². The van der Waals surface area contributed by atoms with Crippen molar-refractivity contribution < 1.29 is 14.0 Å². The molecular weight excluding hydrogens is 339 g/mol. The molecule has 2 aromatic carbocycles. The first-order valence-electron chi connectivity index (χ1n) is 7.87. The number of carbonyl (C=O) groups excluding carboxylic acids is 2. The number of carbonyl (C=O) groups is 2. The van der Waals surface area contributed by atoms with Gasteiger partial charge >= 0.3 is 0 Å². The maximum atomic E-state index is 13.4. The maximum Gasteiger partial charge on any atom is 0.261 e. The molecule has 0 spiro atoms. The lowest BCUT2D eigenvalue weighted by atomic mass is 10.2. The van der Waals surface area contributed by atoms with Gasteiger partial charge in [-0.15, -0.1) is 0 Å². The van der Waals surface area contributed by atoms with Gasteiger partial charge in [0.15, 0.2) is 0 Å². The van der Waals surface area contributed by atoms with Gasteiger partial charge in [0, 0.05) is 0 Å². The van der Waals surface area contributed by atoms with Crippen LogP contribution in [0.1, 0.15) is 0 Å². The molecular formula is C18H13FN4O3. The van der Waals surface area contributed by atoms with Gasteiger partial charge in [-0.2, -0.15) is 0 Å². The second kappa shape index (κ2) is 6.07. The van der Waals surface area contributed by atoms with E-state index < -0.39 is 17.3 Å². The van der Waals surface area contributed by atoms with Crippen molar-refractivity contribution in [2.45, 2.75) is 6.54 Å². The van der Waals surface area contributed by atoms with E-state index in [9.17, 15) is 18.8 Å². The van der Waals surface area contributed by atoms with Gasteiger partial charge in [0.25, 0.3) is 5.56 Å². The fraction of sp³-hybridized carbons (Fsp3) is 0.111. The number of anilines is 2. The second-order valence-electron chi connectivity index (χ2n) is 5.88. The Morgan fingerprint density at radius 3 is 2.85 bits per heavy atom. The highest BCUT2D eigenvalue weighted by Gasteiger charge is 2.26. The van der Waals surface area contributed by atoms with E-state index in [2.05, 4.69) is 10.3 Å². The molecule has 0 unspecified atom stereocenters. The lowest BCUT2D eigenvalue weighted by Crippen LogP contribution is -2.44. The summed E-state index contributed by atoms with van der Waals surface area (Å²) in [5.41, 5.74) is 0.925. The van der Waals surface area contributed by atoms with Crippen molar-refractivity contribution in [2.24, 2.45) is 0 Å². The fourth-order valence-corrected chi connectivity index (χ4v) is 2.93. The van der Waals surface area contributed by atoms with Crippen molar-refractivity contribution in [1.82, 2.24) is 9.55 Å². The normalized spacial score (nSPS) is 13.4. The van der Waals surface area contributed by atoms with Crippen LogP contribution in [0.25, 0.3) is 10.9 Å². The minimum atomic E-state index is -0.554. The molecule has 2 heterocycles. The van der Waals surface area contributed by atoms with E-state index in [4.69, 9.17) is 0 Å². The highest BCUT2D eigenvalue weighted by atomic mass is 19.1. The molecule has 0 radical (unpaired) electrons. The van der Waals surface area contributed by atoms with Gasteiger partial charge in [0.1, 0.15) is 18.9 Å². The summed E-state index contributed by atoms with van der Waals surface area (Å²) in [5.74, 6) is -1.31. The lowest BCUT2D eigenvalue weighted by Gasteiger charge is -2.29. The summed E-state index contributed by atoms with van der Waals surface area (Å²) in [6.07, 6.45) is 1.25. The molecule has 1 aliphatic heterocycles. The van der Waals surface area contributed by atoms with Gasteiger partial charge < -0.3 is 5.32 Å². The summed E-state index contributed by atoms with van der Waals surface area (Å²) in [6, 6.07) is 10.6. The van der Waals surface area contributed by atoms with Crippen LogP contribution in [0.15, 0.2) is 53.6 Å². The molecule has 8 heteroatoms. The third kappa shape index (κ3) is 2.71. The molecule has 0 fully saturated rings. The predicted molar refractivity (Wildman–Crippen MR) is 93.4 cm³/mol. The second-order valence-corrected chi connectivity index (χ2v) is 5.88. The van der Waals surface area contributed by atoms with E-state index in [1.807, 2.05) is 0 Å². The van der Waals surface area contributed by atoms with E-state index in [-0.39, 0.29) is 24.4 Å². The van der Waals surface area contributed by atoms with Crippen molar-refractivity contribution in [3.8, 4) is 0 Å². The molecule has 1 aromatic heterocycles. The van der Waals surface area contributed by atoms with E-state index in [1.165, 1.54) is 23.4 Å². The number of rotatable bonds is 2. The van der Waals surface area contributed by atoms with Crippen molar-refractivity contribution in [2.75, 3.05) is 16.8 Å². The highest BCUT2D eigenvalue weighted by molar-refractivity contribution is 6.09. The molecule has 26 heavy (non-hydrogen) atoms. The molecule has 0 saturated carbocycles. The topological polar surface area (TPSA) is 84.3 Å². The molecule has 7 nitrogen and oxygen atoms in total. The number of aromatic nitrogens is 2. The van der Waals surface area contributed by atoms with Gasteiger partial charge in [-0.05, 0) is 30.3 Å². The molecule has 4 rings (SSSR count). The Labute approximate surface area is 146 Å². The number of hydrogen-bond acceptors (Lipinski definition) is 4. The predicted octanol–water partition coefficient (Wildman–Crippen LogP) is 1.52. The first kappa shape index (κ1) is 15.9. The van der Waals surface area contributed by atoms with Gasteiger partial charge in [0.2, 0.25) is 11.8 Å². The van der Waals surface area contributed by atoms with Crippen molar-refractivity contribution in [1.29, 1.82) is 0 Å². The number of hydrogen-bond donors (Lipinski definition) is 1. The zero-order valence-electron chi connectivity index (χ0n) is 13.5. The number of amides is 2. The van der Waals surface area contributed by atoms with Crippen LogP contribution in [0, 0.1) is 5.82 Å². The Morgan fingerprint density at radius 1 is 1.19 bits per heavy atom. The minimum Gasteiger partial charge on any atom is -0.323 e. The van der Waals surface area contributed by atoms with Crippen LogP contribution in [0.4, 0.5) is 15.8 Å². The largest absolute Gasteiger partial charge is 0.323 e. The van der Waals surface area contributed by atoms with Gasteiger partial charge in [-0.3, -0.25) is 23.9 Å². The number of fused-ring (bicyclic) bond motifs is 2. The Bertz CT molecular complexity index is 1110. The SMILES string of the molecule is O=C1CN(C(=O)Cn2cnc3ccc(F)cc3c2=O)c2ccccc2N1. The van der Waals surface area contributed by atoms with Gasteiger partial charge in [-0.1, -0.05) is 12.1 Å². The van der Waals surface area contributed by atoms with Crippen LogP contribution in [-0.4, -0.2) is 27.9 Å². The molecule has 3 aromatic rings. The quantitative estimate of drug-likeness (QED) is 0.758. The van der Waals surface area contributed by atoms with Gasteiger partial charge in [0.05, 0.1) is 28.6 Å². The van der Waals surface area contributed by atoms with Crippen LogP contribution in [0.5, 0.6) is 0 Å². The molecule has 0 atom stereocenters. The third-order valence-electron chi connectivity index (χ3n) is 4.16. The lowest BCUT2D eigenvalue weighted by molar-refractivity contribution is -0.122. The van der Waals surface area contributed by atoms with E-state index in [1.54, 1.807) is 24.3 Å². The van der Waals surface area contributed by atoms with Crippen molar-refractivity contribution in [3.05, 3.63) is 65.0 Å². The van der Waals surface area contributed by atoms with Crippen LogP contribution in [0.3, 0.4) is 0 Å². The number of benzene rings is 2. The number of nitrogens with one attached hydrogen (secondary N) is 1. The first-order chi connectivity index (χ1) is 12.5. The van der Waals surface area contributed by atoms with Gasteiger partial charge in [-0.25, -0.2) is 9.37 Å². The third-order valence-corrected chi connectivity index (χ3v) is 4.16. The summed E-state index contributed by atoms with van der Waals surface area (Å²) < 4.78 is 14.5. The summed E-state index contributed by atoms with van der Waals surface area (Å²) >= 11 is 0. The summed E-state index contributed by atoms with van der Waals surface area (Å²) in [5, 5.41) is 2.79. The van der Waals surface area contributed by atoms with Crippen LogP contribution < -0.4 is 15.8 Å². The average molecular weight is 352 g/mol. The Hall–Kier alpha value is -3.55. The zero-order chi connectivity index (χ0) is 18.3. The Kier molecular flexibility index (Phi) is 3.72. The van der Waals surface area contributed by atoms with Crippen molar-refractivity contribution >= 4 is 34.1 Å². The molecule has 130 valence electrons. The highest BCUT2D eigenvalue weighted by Crippen LogP contribution is 2.28. The first-order valence-corrected chi connectivity index (χ1v) is 7.87. The number of nitrogens with zero attached hydrogens (tertiary/aromatic N) is 3. The van der Waals surface area contributed by atoms with E-state index in [0.29, 0.717) is 16.9 Å².